The van der Waals surface area contributed by atoms with E-state index in [0.29, 0.717) is 12.5 Å². The van der Waals surface area contributed by atoms with E-state index in [-0.39, 0.29) is 11.9 Å². The van der Waals surface area contributed by atoms with Crippen LogP contribution >= 0.6 is 0 Å². The Balaban J connectivity index is 3.17. The van der Waals surface area contributed by atoms with E-state index in [1.165, 1.54) is 6.07 Å². The summed E-state index contributed by atoms with van der Waals surface area (Å²) in [5.41, 5.74) is 7.50. The first-order valence-electron chi connectivity index (χ1n) is 6.27. The van der Waals surface area contributed by atoms with Crippen LogP contribution in [-0.2, 0) is 6.42 Å². The van der Waals surface area contributed by atoms with Gasteiger partial charge in [-0.25, -0.2) is 4.39 Å². The summed E-state index contributed by atoms with van der Waals surface area (Å²) >= 11 is 0. The Labute approximate surface area is 104 Å². The Bertz CT molecular complexity index is 361. The molecule has 0 amide bonds. The van der Waals surface area contributed by atoms with Crippen molar-refractivity contribution in [2.75, 3.05) is 11.4 Å². The van der Waals surface area contributed by atoms with Gasteiger partial charge in [-0.15, -0.1) is 0 Å². The fourth-order valence-electron chi connectivity index (χ4n) is 2.15. The molecule has 1 rings (SSSR count). The van der Waals surface area contributed by atoms with Gasteiger partial charge in [-0.2, -0.15) is 0 Å². The van der Waals surface area contributed by atoms with Gasteiger partial charge in [0, 0.05) is 29.9 Å². The molecule has 2 N–H and O–H groups in total. The number of anilines is 1. The summed E-state index contributed by atoms with van der Waals surface area (Å²) in [6.07, 6.45) is 0.575. The van der Waals surface area contributed by atoms with Gasteiger partial charge in [-0.3, -0.25) is 0 Å². The molecule has 0 aliphatic rings. The van der Waals surface area contributed by atoms with Gasteiger partial charge in [-0.05, 0) is 46.2 Å². The molecule has 17 heavy (non-hydrogen) atoms. The molecular formula is C14H23FN2. The monoisotopic (exact) mass is 238 g/mol. The minimum absolute atomic E-state index is 0.0310. The lowest BCUT2D eigenvalue weighted by Crippen LogP contribution is -2.32. The molecule has 0 saturated carbocycles. The molecule has 0 saturated heterocycles. The number of benzene rings is 1. The minimum atomic E-state index is -0.154. The van der Waals surface area contributed by atoms with Crippen molar-refractivity contribution in [1.29, 1.82) is 0 Å². The Hall–Kier alpha value is -1.09. The summed E-state index contributed by atoms with van der Waals surface area (Å²) in [6.45, 7) is 9.09. The fourth-order valence-corrected chi connectivity index (χ4v) is 2.15. The van der Waals surface area contributed by atoms with Crippen molar-refractivity contribution in [2.45, 2.75) is 46.2 Å². The van der Waals surface area contributed by atoms with Crippen molar-refractivity contribution in [1.82, 2.24) is 0 Å². The van der Waals surface area contributed by atoms with Crippen molar-refractivity contribution >= 4 is 5.69 Å². The maximum Gasteiger partial charge on any atom is 0.128 e. The van der Waals surface area contributed by atoms with Gasteiger partial charge in [0.2, 0.25) is 0 Å². The van der Waals surface area contributed by atoms with Crippen molar-refractivity contribution in [2.24, 2.45) is 5.73 Å². The van der Waals surface area contributed by atoms with E-state index in [1.807, 2.05) is 13.0 Å². The first kappa shape index (κ1) is 14.0. The molecule has 3 heteroatoms. The van der Waals surface area contributed by atoms with Crippen LogP contribution in [0.2, 0.25) is 0 Å². The fraction of sp³-hybridized carbons (Fsp3) is 0.571. The third-order valence-corrected chi connectivity index (χ3v) is 2.89. The van der Waals surface area contributed by atoms with E-state index >= 15 is 0 Å². The standard InChI is InChI=1S/C14H23FN2/c1-5-17(10(2)3)14-8-6-7-13(15)12(14)9-11(4)16/h6-8,10-11H,5,9,16H2,1-4H3. The summed E-state index contributed by atoms with van der Waals surface area (Å²) in [5, 5.41) is 0. The Morgan fingerprint density at radius 3 is 2.41 bits per heavy atom. The normalized spacial score (nSPS) is 12.9. The molecular weight excluding hydrogens is 215 g/mol. The number of halogens is 1. The van der Waals surface area contributed by atoms with Gasteiger partial charge in [0.05, 0.1) is 0 Å². The van der Waals surface area contributed by atoms with Gasteiger partial charge < -0.3 is 10.6 Å². The van der Waals surface area contributed by atoms with Crippen LogP contribution in [0.25, 0.3) is 0 Å². The highest BCUT2D eigenvalue weighted by Gasteiger charge is 2.16. The van der Waals surface area contributed by atoms with Crippen molar-refractivity contribution in [3.63, 3.8) is 0 Å². The van der Waals surface area contributed by atoms with E-state index in [9.17, 15) is 4.39 Å². The summed E-state index contributed by atoms with van der Waals surface area (Å²) < 4.78 is 13.9. The second kappa shape index (κ2) is 6.01. The van der Waals surface area contributed by atoms with Crippen LogP contribution in [0.4, 0.5) is 10.1 Å². The Morgan fingerprint density at radius 1 is 1.29 bits per heavy atom. The molecule has 0 bridgehead atoms. The molecule has 0 spiro atoms. The van der Waals surface area contributed by atoms with Crippen LogP contribution in [0.5, 0.6) is 0 Å². The quantitative estimate of drug-likeness (QED) is 0.854. The lowest BCUT2D eigenvalue weighted by molar-refractivity contribution is 0.590. The summed E-state index contributed by atoms with van der Waals surface area (Å²) in [5.74, 6) is -0.154. The minimum Gasteiger partial charge on any atom is -0.369 e. The van der Waals surface area contributed by atoms with E-state index in [4.69, 9.17) is 5.73 Å². The molecule has 96 valence electrons. The zero-order valence-corrected chi connectivity index (χ0v) is 11.2. The van der Waals surface area contributed by atoms with Gasteiger partial charge in [0.25, 0.3) is 0 Å². The predicted octanol–water partition coefficient (Wildman–Crippen LogP) is 2.95. The smallest absolute Gasteiger partial charge is 0.128 e. The number of nitrogens with zero attached hydrogens (tertiary/aromatic N) is 1. The van der Waals surface area contributed by atoms with Crippen LogP contribution < -0.4 is 10.6 Å². The van der Waals surface area contributed by atoms with Crippen molar-refractivity contribution in [3.8, 4) is 0 Å². The van der Waals surface area contributed by atoms with E-state index in [0.717, 1.165) is 17.8 Å². The Kier molecular flexibility index (Phi) is 4.94. The van der Waals surface area contributed by atoms with Crippen LogP contribution in [0.15, 0.2) is 18.2 Å². The zero-order chi connectivity index (χ0) is 13.0. The summed E-state index contributed by atoms with van der Waals surface area (Å²) in [4.78, 5) is 2.20. The topological polar surface area (TPSA) is 29.3 Å². The summed E-state index contributed by atoms with van der Waals surface area (Å²) in [7, 11) is 0. The predicted molar refractivity (Wildman–Crippen MR) is 71.9 cm³/mol. The van der Waals surface area contributed by atoms with E-state index < -0.39 is 0 Å². The molecule has 0 fully saturated rings. The lowest BCUT2D eigenvalue weighted by atomic mass is 10.0. The van der Waals surface area contributed by atoms with Crippen LogP contribution in [0, 0.1) is 5.82 Å². The van der Waals surface area contributed by atoms with Gasteiger partial charge >= 0.3 is 0 Å². The molecule has 1 aromatic carbocycles. The van der Waals surface area contributed by atoms with Crippen LogP contribution in [-0.4, -0.2) is 18.6 Å². The second-order valence-electron chi connectivity index (χ2n) is 4.80. The maximum atomic E-state index is 13.9. The lowest BCUT2D eigenvalue weighted by Gasteiger charge is -2.30. The molecule has 0 heterocycles. The first-order valence-corrected chi connectivity index (χ1v) is 6.27. The molecule has 0 radical (unpaired) electrons. The van der Waals surface area contributed by atoms with Crippen molar-refractivity contribution < 1.29 is 4.39 Å². The molecule has 2 nitrogen and oxygen atoms in total. The largest absolute Gasteiger partial charge is 0.369 e. The highest BCUT2D eigenvalue weighted by Crippen LogP contribution is 2.26. The number of nitrogens with two attached hydrogens (primary N) is 1. The second-order valence-corrected chi connectivity index (χ2v) is 4.80. The molecule has 0 aliphatic carbocycles. The highest BCUT2D eigenvalue weighted by molar-refractivity contribution is 5.55. The SMILES string of the molecule is CCN(c1cccc(F)c1CC(C)N)C(C)C. The molecule has 0 aromatic heterocycles. The third kappa shape index (κ3) is 3.43. The number of hydrogen-bond donors (Lipinski definition) is 1. The van der Waals surface area contributed by atoms with E-state index in [1.54, 1.807) is 6.07 Å². The zero-order valence-electron chi connectivity index (χ0n) is 11.2. The first-order chi connectivity index (χ1) is 7.97. The third-order valence-electron chi connectivity index (χ3n) is 2.89. The van der Waals surface area contributed by atoms with Crippen LogP contribution in [0.3, 0.4) is 0 Å². The average Bonchev–Trinajstić information content (AvgIpc) is 2.22. The maximum absolute atomic E-state index is 13.9. The highest BCUT2D eigenvalue weighted by atomic mass is 19.1. The van der Waals surface area contributed by atoms with E-state index in [2.05, 4.69) is 25.7 Å². The van der Waals surface area contributed by atoms with Gasteiger partial charge in [-0.1, -0.05) is 6.07 Å². The van der Waals surface area contributed by atoms with Gasteiger partial charge in [0.1, 0.15) is 5.82 Å². The summed E-state index contributed by atoms with van der Waals surface area (Å²) in [6, 6.07) is 5.57. The Morgan fingerprint density at radius 2 is 1.94 bits per heavy atom. The molecule has 0 aliphatic heterocycles. The van der Waals surface area contributed by atoms with Crippen LogP contribution in [0.1, 0.15) is 33.3 Å². The molecule has 1 aromatic rings. The molecule has 1 unspecified atom stereocenters. The average molecular weight is 238 g/mol. The molecule has 1 atom stereocenters. The van der Waals surface area contributed by atoms with Crippen molar-refractivity contribution in [3.05, 3.63) is 29.6 Å². The van der Waals surface area contributed by atoms with Gasteiger partial charge in [0.15, 0.2) is 0 Å². The number of hydrogen-bond acceptors (Lipinski definition) is 2. The number of rotatable bonds is 5.